The molecular formula is C31H35F3N4O7S2. The van der Waals surface area contributed by atoms with Crippen molar-refractivity contribution in [2.75, 3.05) is 24.5 Å². The summed E-state index contributed by atoms with van der Waals surface area (Å²) in [4.78, 5) is 43.9. The van der Waals surface area contributed by atoms with Crippen LogP contribution in [-0.2, 0) is 26.2 Å². The van der Waals surface area contributed by atoms with Gasteiger partial charge >= 0.3 is 12.3 Å². The molecule has 47 heavy (non-hydrogen) atoms. The average Bonchev–Trinajstić information content (AvgIpc) is 3.40. The van der Waals surface area contributed by atoms with Crippen LogP contribution in [0.2, 0.25) is 0 Å². The van der Waals surface area contributed by atoms with E-state index in [1.165, 1.54) is 6.92 Å². The van der Waals surface area contributed by atoms with Crippen LogP contribution < -0.4 is 15.0 Å². The maximum Gasteiger partial charge on any atom is 0.573 e. The number of benzene rings is 2. The van der Waals surface area contributed by atoms with Gasteiger partial charge in [-0.05, 0) is 48.2 Å². The summed E-state index contributed by atoms with van der Waals surface area (Å²) in [5, 5.41) is 12.4. The molecule has 3 aromatic rings. The van der Waals surface area contributed by atoms with Crippen molar-refractivity contribution >= 4 is 44.2 Å². The number of Topliss-reactive ketones (excluding diaryl/α,β-unsaturated/α-hetero) is 1. The third kappa shape index (κ3) is 8.87. The van der Waals surface area contributed by atoms with Crippen molar-refractivity contribution in [3.05, 3.63) is 70.2 Å². The monoisotopic (exact) mass is 696 g/mol. The van der Waals surface area contributed by atoms with Crippen molar-refractivity contribution in [3.63, 3.8) is 0 Å². The number of aromatic nitrogens is 1. The minimum atomic E-state index is -4.96. The largest absolute Gasteiger partial charge is 0.573 e. The number of hydrogen-bond acceptors (Lipinski definition) is 9. The molecule has 0 unspecified atom stereocenters. The summed E-state index contributed by atoms with van der Waals surface area (Å²) in [6, 6.07) is 10.1. The van der Waals surface area contributed by atoms with Gasteiger partial charge in [-0.25, -0.2) is 13.4 Å². The molecule has 4 rings (SSSR count). The zero-order valence-electron chi connectivity index (χ0n) is 26.1. The van der Waals surface area contributed by atoms with Crippen molar-refractivity contribution in [3.8, 4) is 5.75 Å². The Bertz CT molecular complexity index is 1710. The van der Waals surface area contributed by atoms with Crippen LogP contribution in [0.5, 0.6) is 5.75 Å². The van der Waals surface area contributed by atoms with E-state index in [1.807, 2.05) is 24.3 Å². The van der Waals surface area contributed by atoms with E-state index in [4.69, 9.17) is 0 Å². The van der Waals surface area contributed by atoms with Gasteiger partial charge in [0.05, 0.1) is 21.4 Å². The SMILES string of the molecule is Cc1nc(N2CCN(S(=O)(=O)c3ccc(OC(F)(F)F)cc3)[C@@H](C(=O)NCc3ccc(C(C)C)cc3)C2)sc1C(=O)C[C@@H](C)C(=O)O. The number of ketones is 1. The van der Waals surface area contributed by atoms with Gasteiger partial charge in [0, 0.05) is 32.6 Å². The minimum absolute atomic E-state index is 0.0844. The van der Waals surface area contributed by atoms with Gasteiger partial charge in [-0.3, -0.25) is 14.4 Å². The Morgan fingerprint density at radius 2 is 1.70 bits per heavy atom. The summed E-state index contributed by atoms with van der Waals surface area (Å²) in [5.74, 6) is -3.29. The Labute approximate surface area is 274 Å². The summed E-state index contributed by atoms with van der Waals surface area (Å²) in [7, 11) is -4.38. The number of hydrogen-bond donors (Lipinski definition) is 2. The van der Waals surface area contributed by atoms with Crippen LogP contribution in [0.25, 0.3) is 0 Å². The first-order valence-corrected chi connectivity index (χ1v) is 16.9. The lowest BCUT2D eigenvalue weighted by Crippen LogP contribution is -2.60. The molecule has 1 aliphatic rings. The highest BCUT2D eigenvalue weighted by molar-refractivity contribution is 7.89. The molecule has 2 heterocycles. The molecule has 0 aliphatic carbocycles. The van der Waals surface area contributed by atoms with Gasteiger partial charge in [-0.2, -0.15) is 4.31 Å². The Balaban J connectivity index is 1.60. The molecule has 254 valence electrons. The van der Waals surface area contributed by atoms with Gasteiger partial charge in [0.2, 0.25) is 15.9 Å². The number of carboxylic acids is 1. The summed E-state index contributed by atoms with van der Waals surface area (Å²) in [6.07, 6.45) is -5.18. The number of sulfonamides is 1. The van der Waals surface area contributed by atoms with E-state index >= 15 is 0 Å². The van der Waals surface area contributed by atoms with Crippen LogP contribution in [0, 0.1) is 12.8 Å². The first-order valence-electron chi connectivity index (χ1n) is 14.7. The molecule has 16 heteroatoms. The summed E-state index contributed by atoms with van der Waals surface area (Å²) < 4.78 is 70.4. The number of nitrogens with one attached hydrogen (secondary N) is 1. The van der Waals surface area contributed by atoms with Gasteiger partial charge in [0.25, 0.3) is 0 Å². The predicted octanol–water partition coefficient (Wildman–Crippen LogP) is 4.96. The molecule has 1 amide bonds. The number of nitrogens with zero attached hydrogens (tertiary/aromatic N) is 3. The molecule has 1 fully saturated rings. The Kier molecular flexibility index (Phi) is 11.0. The number of thiazole rings is 1. The number of carbonyl (C=O) groups is 3. The molecule has 0 radical (unpaired) electrons. The fraction of sp³-hybridized carbons (Fsp3) is 0.419. The van der Waals surface area contributed by atoms with Crippen LogP contribution in [0.1, 0.15) is 59.6 Å². The van der Waals surface area contributed by atoms with Gasteiger partial charge in [-0.15, -0.1) is 13.2 Å². The predicted molar refractivity (Wildman–Crippen MR) is 168 cm³/mol. The van der Waals surface area contributed by atoms with Crippen molar-refractivity contribution in [2.24, 2.45) is 5.92 Å². The first-order chi connectivity index (χ1) is 22.0. The van der Waals surface area contributed by atoms with E-state index in [0.29, 0.717) is 16.7 Å². The van der Waals surface area contributed by atoms with E-state index in [9.17, 15) is 41.1 Å². The van der Waals surface area contributed by atoms with E-state index in [1.54, 1.807) is 11.8 Å². The fourth-order valence-electron chi connectivity index (χ4n) is 4.95. The zero-order chi connectivity index (χ0) is 34.7. The molecule has 1 aliphatic heterocycles. The third-order valence-corrected chi connectivity index (χ3v) is 10.8. The lowest BCUT2D eigenvalue weighted by Gasteiger charge is -2.39. The Hall–Kier alpha value is -4.02. The topological polar surface area (TPSA) is 146 Å². The van der Waals surface area contributed by atoms with Crippen LogP contribution >= 0.6 is 11.3 Å². The van der Waals surface area contributed by atoms with E-state index in [0.717, 1.165) is 51.0 Å². The standard InChI is InChI=1S/C31H35F3N4O7S2/c1-18(2)22-7-5-21(6-8-22)16-35-28(40)25-17-37(30-36-20(4)27(46-30)26(39)15-19(3)29(41)42)13-14-38(25)47(43,44)24-11-9-23(10-12-24)45-31(32,33)34/h5-12,18-19,25H,13-17H2,1-4H3,(H,35,40)(H,41,42)/t19-,25-/m1/s1. The normalized spacial score (nSPS) is 16.6. The molecule has 2 aromatic carbocycles. The van der Waals surface area contributed by atoms with Crippen molar-refractivity contribution in [2.45, 2.75) is 63.9 Å². The number of halogens is 3. The van der Waals surface area contributed by atoms with Crippen LogP contribution in [-0.4, -0.2) is 72.5 Å². The highest BCUT2D eigenvalue weighted by Crippen LogP contribution is 2.32. The number of anilines is 1. The summed E-state index contributed by atoms with van der Waals surface area (Å²) in [5.41, 5.74) is 2.29. The van der Waals surface area contributed by atoms with Gasteiger partial charge in [0.1, 0.15) is 11.8 Å². The number of carboxylic acid groups (broad SMARTS) is 1. The second-order valence-corrected chi connectivity index (χ2v) is 14.4. The maximum atomic E-state index is 13.8. The molecule has 1 aromatic heterocycles. The lowest BCUT2D eigenvalue weighted by molar-refractivity contribution is -0.274. The van der Waals surface area contributed by atoms with Gasteiger partial charge < -0.3 is 20.1 Å². The maximum absolute atomic E-state index is 13.8. The van der Waals surface area contributed by atoms with Gasteiger partial charge in [0.15, 0.2) is 10.9 Å². The minimum Gasteiger partial charge on any atom is -0.481 e. The van der Waals surface area contributed by atoms with Crippen LogP contribution in [0.15, 0.2) is 53.4 Å². The smallest absolute Gasteiger partial charge is 0.481 e. The van der Waals surface area contributed by atoms with Crippen molar-refractivity contribution in [1.29, 1.82) is 0 Å². The van der Waals surface area contributed by atoms with Crippen molar-refractivity contribution < 1.29 is 45.8 Å². The quantitative estimate of drug-likeness (QED) is 0.251. The molecular weight excluding hydrogens is 661 g/mol. The molecule has 0 saturated carbocycles. The lowest BCUT2D eigenvalue weighted by atomic mass is 10.0. The number of carbonyl (C=O) groups excluding carboxylic acids is 2. The first kappa shape index (κ1) is 35.8. The second kappa shape index (κ2) is 14.4. The van der Waals surface area contributed by atoms with E-state index < -0.39 is 51.8 Å². The molecule has 0 spiro atoms. The summed E-state index contributed by atoms with van der Waals surface area (Å²) >= 11 is 1.03. The van der Waals surface area contributed by atoms with E-state index in [-0.39, 0.29) is 42.4 Å². The number of alkyl halides is 3. The molecule has 0 bridgehead atoms. The van der Waals surface area contributed by atoms with Crippen LogP contribution in [0.3, 0.4) is 0 Å². The Morgan fingerprint density at radius 3 is 2.28 bits per heavy atom. The van der Waals surface area contributed by atoms with Crippen LogP contribution in [0.4, 0.5) is 18.3 Å². The fourth-order valence-corrected chi connectivity index (χ4v) is 7.57. The number of amides is 1. The number of aryl methyl sites for hydroxylation is 1. The number of piperazine rings is 1. The average molecular weight is 697 g/mol. The summed E-state index contributed by atoms with van der Waals surface area (Å²) in [6.45, 7) is 7.02. The third-order valence-electron chi connectivity index (χ3n) is 7.63. The highest BCUT2D eigenvalue weighted by atomic mass is 32.2. The molecule has 11 nitrogen and oxygen atoms in total. The van der Waals surface area contributed by atoms with E-state index in [2.05, 4.69) is 28.9 Å². The number of ether oxygens (including phenoxy) is 1. The molecule has 2 N–H and O–H groups in total. The highest BCUT2D eigenvalue weighted by Gasteiger charge is 2.41. The second-order valence-electron chi connectivity index (χ2n) is 11.5. The van der Waals surface area contributed by atoms with Gasteiger partial charge in [-0.1, -0.05) is 56.4 Å². The Morgan fingerprint density at radius 1 is 1.06 bits per heavy atom. The number of rotatable bonds is 12. The zero-order valence-corrected chi connectivity index (χ0v) is 27.7. The number of aliphatic carboxylic acids is 1. The molecule has 2 atom stereocenters. The van der Waals surface area contributed by atoms with Crippen molar-refractivity contribution in [1.82, 2.24) is 14.6 Å². The molecule has 1 saturated heterocycles.